The molecular formula is C18H18FN5O. The summed E-state index contributed by atoms with van der Waals surface area (Å²) in [7, 11) is 0. The number of amides is 1. The van der Waals surface area contributed by atoms with Crippen LogP contribution >= 0.6 is 0 Å². The molecule has 1 N–H and O–H groups in total. The van der Waals surface area contributed by atoms with Crippen LogP contribution in [0.3, 0.4) is 0 Å². The number of hydrogen-bond donors (Lipinski definition) is 1. The van der Waals surface area contributed by atoms with Crippen LogP contribution in [0.25, 0.3) is 0 Å². The average molecular weight is 339 g/mol. The number of rotatable bonds is 4. The van der Waals surface area contributed by atoms with E-state index in [9.17, 15) is 9.18 Å². The number of benzene rings is 1. The Morgan fingerprint density at radius 3 is 2.96 bits per heavy atom. The SMILES string of the molecule is C[C@H](c1ccccc1F)N1CCC[C@H](Nc2cncc(C#N)n2)C1=O. The Hall–Kier alpha value is -3.01. The summed E-state index contributed by atoms with van der Waals surface area (Å²) >= 11 is 0. The van der Waals surface area contributed by atoms with Gasteiger partial charge in [-0.2, -0.15) is 5.26 Å². The molecule has 25 heavy (non-hydrogen) atoms. The van der Waals surface area contributed by atoms with Crippen molar-refractivity contribution in [2.75, 3.05) is 11.9 Å². The molecule has 0 unspecified atom stereocenters. The fourth-order valence-electron chi connectivity index (χ4n) is 3.07. The van der Waals surface area contributed by atoms with Crippen molar-refractivity contribution in [1.29, 1.82) is 5.26 Å². The van der Waals surface area contributed by atoms with Gasteiger partial charge in [-0.25, -0.2) is 9.37 Å². The van der Waals surface area contributed by atoms with E-state index in [1.165, 1.54) is 18.5 Å². The van der Waals surface area contributed by atoms with E-state index in [4.69, 9.17) is 5.26 Å². The molecule has 128 valence electrons. The van der Waals surface area contributed by atoms with Gasteiger partial charge in [-0.15, -0.1) is 0 Å². The predicted molar refractivity (Wildman–Crippen MR) is 89.9 cm³/mol. The first-order valence-corrected chi connectivity index (χ1v) is 8.13. The normalized spacial score (nSPS) is 18.5. The van der Waals surface area contributed by atoms with Crippen molar-refractivity contribution in [3.63, 3.8) is 0 Å². The Balaban J connectivity index is 1.77. The molecule has 2 aromatic rings. The first kappa shape index (κ1) is 16.8. The fourth-order valence-corrected chi connectivity index (χ4v) is 3.07. The first-order valence-electron chi connectivity index (χ1n) is 8.13. The molecule has 3 rings (SSSR count). The van der Waals surface area contributed by atoms with Gasteiger partial charge < -0.3 is 10.2 Å². The van der Waals surface area contributed by atoms with E-state index in [0.29, 0.717) is 24.3 Å². The van der Waals surface area contributed by atoms with E-state index in [1.807, 2.05) is 13.0 Å². The molecule has 7 heteroatoms. The van der Waals surface area contributed by atoms with Gasteiger partial charge in [0.05, 0.1) is 18.4 Å². The summed E-state index contributed by atoms with van der Waals surface area (Å²) in [6, 6.07) is 7.60. The standard InChI is InChI=1S/C18H18FN5O/c1-12(14-5-2-3-6-15(14)19)24-8-4-7-16(18(24)25)23-17-11-21-10-13(9-20)22-17/h2-3,5-6,10-12,16H,4,7-8H2,1H3,(H,22,23)/t12-,16+/m1/s1. The van der Waals surface area contributed by atoms with Gasteiger partial charge in [0.25, 0.3) is 0 Å². The summed E-state index contributed by atoms with van der Waals surface area (Å²) in [5.41, 5.74) is 0.688. The highest BCUT2D eigenvalue weighted by molar-refractivity contribution is 5.85. The van der Waals surface area contributed by atoms with Gasteiger partial charge in [-0.3, -0.25) is 9.78 Å². The van der Waals surface area contributed by atoms with Gasteiger partial charge in [0.1, 0.15) is 23.7 Å². The van der Waals surface area contributed by atoms with Gasteiger partial charge in [0, 0.05) is 12.1 Å². The number of carbonyl (C=O) groups is 1. The number of likely N-dealkylation sites (tertiary alicyclic amines) is 1. The molecular weight excluding hydrogens is 321 g/mol. The van der Waals surface area contributed by atoms with Crippen molar-refractivity contribution < 1.29 is 9.18 Å². The Morgan fingerprint density at radius 1 is 1.40 bits per heavy atom. The molecule has 0 radical (unpaired) electrons. The van der Waals surface area contributed by atoms with Gasteiger partial charge in [-0.05, 0) is 25.8 Å². The molecule has 1 aliphatic rings. The second-order valence-electron chi connectivity index (χ2n) is 5.97. The van der Waals surface area contributed by atoms with Crippen molar-refractivity contribution in [3.8, 4) is 6.07 Å². The third-order valence-electron chi connectivity index (χ3n) is 4.37. The van der Waals surface area contributed by atoms with E-state index in [0.717, 1.165) is 6.42 Å². The van der Waals surface area contributed by atoms with Crippen LogP contribution in [0, 0.1) is 17.1 Å². The van der Waals surface area contributed by atoms with Crippen molar-refractivity contribution in [1.82, 2.24) is 14.9 Å². The third kappa shape index (κ3) is 3.58. The first-order chi connectivity index (χ1) is 12.1. The maximum absolute atomic E-state index is 14.0. The lowest BCUT2D eigenvalue weighted by molar-refractivity contribution is -0.136. The third-order valence-corrected chi connectivity index (χ3v) is 4.37. The van der Waals surface area contributed by atoms with Crippen molar-refractivity contribution in [3.05, 3.63) is 53.7 Å². The van der Waals surface area contributed by atoms with Crippen LogP contribution in [0.2, 0.25) is 0 Å². The second kappa shape index (κ2) is 7.26. The Morgan fingerprint density at radius 2 is 2.20 bits per heavy atom. The predicted octanol–water partition coefficient (Wildman–Crippen LogP) is 2.65. The summed E-state index contributed by atoms with van der Waals surface area (Å²) in [5.74, 6) is -0.0329. The number of nitriles is 1. The van der Waals surface area contributed by atoms with E-state index < -0.39 is 6.04 Å². The van der Waals surface area contributed by atoms with Crippen molar-refractivity contribution in [2.45, 2.75) is 31.8 Å². The molecule has 1 saturated heterocycles. The molecule has 1 amide bonds. The number of aromatic nitrogens is 2. The zero-order valence-corrected chi connectivity index (χ0v) is 13.8. The molecule has 6 nitrogen and oxygen atoms in total. The van der Waals surface area contributed by atoms with Crippen LogP contribution in [0.5, 0.6) is 0 Å². The molecule has 1 fully saturated rings. The number of hydrogen-bond acceptors (Lipinski definition) is 5. The lowest BCUT2D eigenvalue weighted by atomic mass is 9.99. The molecule has 0 aliphatic carbocycles. The van der Waals surface area contributed by atoms with Gasteiger partial charge in [-0.1, -0.05) is 18.2 Å². The molecule has 1 aliphatic heterocycles. The van der Waals surface area contributed by atoms with E-state index in [1.54, 1.807) is 23.1 Å². The number of piperidine rings is 1. The highest BCUT2D eigenvalue weighted by atomic mass is 19.1. The maximum Gasteiger partial charge on any atom is 0.245 e. The van der Waals surface area contributed by atoms with Crippen LogP contribution in [0.1, 0.15) is 37.1 Å². The highest BCUT2D eigenvalue weighted by Crippen LogP contribution is 2.27. The zero-order chi connectivity index (χ0) is 17.8. The minimum absolute atomic E-state index is 0.105. The van der Waals surface area contributed by atoms with Crippen molar-refractivity contribution in [2.24, 2.45) is 0 Å². The Bertz CT molecular complexity index is 819. The quantitative estimate of drug-likeness (QED) is 0.926. The number of halogens is 1. The number of nitrogens with zero attached hydrogens (tertiary/aromatic N) is 4. The van der Waals surface area contributed by atoms with Crippen LogP contribution < -0.4 is 5.32 Å². The molecule has 1 aromatic carbocycles. The maximum atomic E-state index is 14.0. The highest BCUT2D eigenvalue weighted by Gasteiger charge is 2.33. The van der Waals surface area contributed by atoms with Gasteiger partial charge in [0.15, 0.2) is 5.69 Å². The molecule has 2 atom stereocenters. The van der Waals surface area contributed by atoms with Gasteiger partial charge >= 0.3 is 0 Å². The summed E-state index contributed by atoms with van der Waals surface area (Å²) in [5, 5.41) is 11.9. The van der Waals surface area contributed by atoms with Crippen LogP contribution in [-0.2, 0) is 4.79 Å². The van der Waals surface area contributed by atoms with Crippen LogP contribution in [0.4, 0.5) is 10.2 Å². The lowest BCUT2D eigenvalue weighted by Crippen LogP contribution is -2.48. The van der Waals surface area contributed by atoms with E-state index in [2.05, 4.69) is 15.3 Å². The average Bonchev–Trinajstić information content (AvgIpc) is 2.63. The fraction of sp³-hybridized carbons (Fsp3) is 0.333. The molecule has 0 bridgehead atoms. The summed E-state index contributed by atoms with van der Waals surface area (Å²) in [6.07, 6.45) is 4.29. The lowest BCUT2D eigenvalue weighted by Gasteiger charge is -2.37. The molecule has 2 heterocycles. The zero-order valence-electron chi connectivity index (χ0n) is 13.8. The number of anilines is 1. The Kier molecular flexibility index (Phi) is 4.89. The molecule has 0 saturated carbocycles. The minimum atomic E-state index is -0.466. The second-order valence-corrected chi connectivity index (χ2v) is 5.97. The monoisotopic (exact) mass is 339 g/mol. The summed E-state index contributed by atoms with van der Waals surface area (Å²) < 4.78 is 14.0. The Labute approximate surface area is 145 Å². The minimum Gasteiger partial charge on any atom is -0.357 e. The van der Waals surface area contributed by atoms with E-state index in [-0.39, 0.29) is 23.5 Å². The number of nitrogens with one attached hydrogen (secondary N) is 1. The smallest absolute Gasteiger partial charge is 0.245 e. The molecule has 1 aromatic heterocycles. The van der Waals surface area contributed by atoms with E-state index >= 15 is 0 Å². The molecule has 0 spiro atoms. The summed E-state index contributed by atoms with van der Waals surface area (Å²) in [6.45, 7) is 2.41. The summed E-state index contributed by atoms with van der Waals surface area (Å²) in [4.78, 5) is 22.6. The largest absolute Gasteiger partial charge is 0.357 e. The topological polar surface area (TPSA) is 81.9 Å². The number of carbonyl (C=O) groups excluding carboxylic acids is 1. The van der Waals surface area contributed by atoms with Crippen LogP contribution in [-0.4, -0.2) is 33.4 Å². The van der Waals surface area contributed by atoms with Crippen LogP contribution in [0.15, 0.2) is 36.7 Å². The van der Waals surface area contributed by atoms with Crippen molar-refractivity contribution >= 4 is 11.7 Å². The van der Waals surface area contributed by atoms with Gasteiger partial charge in [0.2, 0.25) is 5.91 Å².